The molecule has 0 radical (unpaired) electrons. The van der Waals surface area contributed by atoms with Gasteiger partial charge in [0.15, 0.2) is 0 Å². The summed E-state index contributed by atoms with van der Waals surface area (Å²) in [6.07, 6.45) is 0.453. The van der Waals surface area contributed by atoms with Gasteiger partial charge in [0.25, 0.3) is 0 Å². The van der Waals surface area contributed by atoms with E-state index < -0.39 is 0 Å². The second-order valence-electron chi connectivity index (χ2n) is 6.66. The number of carbonyl (C=O) groups excluding carboxylic acids is 1. The van der Waals surface area contributed by atoms with Crippen molar-refractivity contribution in [1.29, 1.82) is 0 Å². The normalized spacial score (nSPS) is 14.8. The van der Waals surface area contributed by atoms with Gasteiger partial charge in [0.1, 0.15) is 5.75 Å². The Labute approximate surface area is 165 Å². The van der Waals surface area contributed by atoms with Crippen molar-refractivity contribution >= 4 is 23.2 Å². The first kappa shape index (κ1) is 19.5. The van der Waals surface area contributed by atoms with Crippen molar-refractivity contribution in [2.45, 2.75) is 13.0 Å². The summed E-state index contributed by atoms with van der Waals surface area (Å²) in [6, 6.07) is 15.9. The number of anilines is 1. The molecule has 0 bridgehead atoms. The van der Waals surface area contributed by atoms with E-state index in [-0.39, 0.29) is 5.91 Å². The highest BCUT2D eigenvalue weighted by Crippen LogP contribution is 2.27. The highest BCUT2D eigenvalue weighted by atomic mass is 35.5. The van der Waals surface area contributed by atoms with Crippen LogP contribution >= 0.6 is 11.6 Å². The first-order valence-corrected chi connectivity index (χ1v) is 9.65. The molecule has 6 heteroatoms. The summed E-state index contributed by atoms with van der Waals surface area (Å²) in [4.78, 5) is 16.8. The number of carbonyl (C=O) groups is 1. The van der Waals surface area contributed by atoms with Gasteiger partial charge in [-0.25, -0.2) is 0 Å². The molecule has 1 N–H and O–H groups in total. The highest BCUT2D eigenvalue weighted by Gasteiger charge is 2.20. The van der Waals surface area contributed by atoms with E-state index in [0.717, 1.165) is 44.2 Å². The number of nitrogens with one attached hydrogen (secondary N) is 1. The van der Waals surface area contributed by atoms with E-state index in [0.29, 0.717) is 18.0 Å². The zero-order valence-corrected chi connectivity index (χ0v) is 16.4. The highest BCUT2D eigenvalue weighted by molar-refractivity contribution is 6.30. The molecule has 0 saturated carbocycles. The average molecular weight is 388 g/mol. The molecule has 1 fully saturated rings. The quantitative estimate of drug-likeness (QED) is 0.789. The zero-order chi connectivity index (χ0) is 19.1. The second kappa shape index (κ2) is 9.62. The van der Waals surface area contributed by atoms with Gasteiger partial charge >= 0.3 is 0 Å². The molecule has 144 valence electrons. The molecule has 0 atom stereocenters. The monoisotopic (exact) mass is 387 g/mol. The van der Waals surface area contributed by atoms with Crippen molar-refractivity contribution in [3.05, 3.63) is 59.1 Å². The molecule has 5 nitrogen and oxygen atoms in total. The molecule has 2 aromatic carbocycles. The molecule has 1 heterocycles. The van der Waals surface area contributed by atoms with Crippen LogP contribution in [-0.4, -0.2) is 55.5 Å². The molecule has 3 rings (SSSR count). The van der Waals surface area contributed by atoms with E-state index in [1.54, 1.807) is 13.2 Å². The van der Waals surface area contributed by atoms with Gasteiger partial charge in [-0.15, -0.1) is 0 Å². The summed E-state index contributed by atoms with van der Waals surface area (Å²) >= 11 is 6.03. The molecule has 1 aliphatic rings. The summed E-state index contributed by atoms with van der Waals surface area (Å²) < 4.78 is 5.31. The molecule has 0 aliphatic carbocycles. The summed E-state index contributed by atoms with van der Waals surface area (Å²) in [5, 5.41) is 3.89. The Morgan fingerprint density at radius 1 is 1.11 bits per heavy atom. The van der Waals surface area contributed by atoms with E-state index in [4.69, 9.17) is 16.3 Å². The fourth-order valence-electron chi connectivity index (χ4n) is 3.28. The number of hydrogen-bond acceptors (Lipinski definition) is 4. The molecule has 0 unspecified atom stereocenters. The third-order valence-electron chi connectivity index (χ3n) is 4.79. The maximum Gasteiger partial charge on any atom is 0.224 e. The van der Waals surface area contributed by atoms with Crippen LogP contribution in [0.1, 0.15) is 12.0 Å². The van der Waals surface area contributed by atoms with Gasteiger partial charge in [-0.1, -0.05) is 41.9 Å². The molecular weight excluding hydrogens is 362 g/mol. The Kier molecular flexibility index (Phi) is 6.96. The molecule has 1 saturated heterocycles. The van der Waals surface area contributed by atoms with Gasteiger partial charge in [0.2, 0.25) is 5.91 Å². The van der Waals surface area contributed by atoms with Crippen LogP contribution in [0, 0.1) is 0 Å². The lowest BCUT2D eigenvalue weighted by atomic mass is 10.2. The van der Waals surface area contributed by atoms with Gasteiger partial charge in [-0.3, -0.25) is 9.69 Å². The van der Waals surface area contributed by atoms with E-state index in [2.05, 4.69) is 34.5 Å². The number of ether oxygens (including phenoxy) is 1. The Morgan fingerprint density at radius 3 is 2.56 bits per heavy atom. The standard InChI is InChI=1S/C21H26ClN3O2/c1-27-20-8-7-18(22)15-19(20)23-10-9-21(26)25-13-11-24(12-14-25)16-17-5-3-2-4-6-17/h2-8,15,23H,9-14,16H2,1H3. The van der Waals surface area contributed by atoms with Crippen molar-refractivity contribution < 1.29 is 9.53 Å². The van der Waals surface area contributed by atoms with Gasteiger partial charge in [0.05, 0.1) is 12.8 Å². The van der Waals surface area contributed by atoms with Crippen molar-refractivity contribution in [1.82, 2.24) is 9.80 Å². The lowest BCUT2D eigenvalue weighted by molar-refractivity contribution is -0.132. The first-order chi connectivity index (χ1) is 13.2. The maximum absolute atomic E-state index is 12.5. The molecule has 0 spiro atoms. The fourth-order valence-corrected chi connectivity index (χ4v) is 3.45. The van der Waals surface area contributed by atoms with Crippen LogP contribution in [0.3, 0.4) is 0 Å². The summed E-state index contributed by atoms with van der Waals surface area (Å²) in [6.45, 7) is 4.89. The Morgan fingerprint density at radius 2 is 1.85 bits per heavy atom. The first-order valence-electron chi connectivity index (χ1n) is 9.27. The van der Waals surface area contributed by atoms with Crippen molar-refractivity contribution in [2.75, 3.05) is 45.2 Å². The van der Waals surface area contributed by atoms with E-state index in [1.165, 1.54) is 5.56 Å². The van der Waals surface area contributed by atoms with Crippen LogP contribution in [-0.2, 0) is 11.3 Å². The zero-order valence-electron chi connectivity index (χ0n) is 15.7. The SMILES string of the molecule is COc1ccc(Cl)cc1NCCC(=O)N1CCN(Cc2ccccc2)CC1. The van der Waals surface area contributed by atoms with Gasteiger partial charge < -0.3 is 15.0 Å². The Hall–Kier alpha value is -2.24. The van der Waals surface area contributed by atoms with Gasteiger partial charge in [-0.05, 0) is 23.8 Å². The van der Waals surface area contributed by atoms with Crippen molar-refractivity contribution in [3.8, 4) is 5.75 Å². The maximum atomic E-state index is 12.5. The lowest BCUT2D eigenvalue weighted by Gasteiger charge is -2.34. The van der Waals surface area contributed by atoms with Crippen LogP contribution in [0.2, 0.25) is 5.02 Å². The van der Waals surface area contributed by atoms with Gasteiger partial charge in [0, 0.05) is 50.7 Å². The summed E-state index contributed by atoms with van der Waals surface area (Å²) in [7, 11) is 1.62. The number of benzene rings is 2. The Balaban J connectivity index is 1.41. The van der Waals surface area contributed by atoms with E-state index in [9.17, 15) is 4.79 Å². The van der Waals surface area contributed by atoms with E-state index >= 15 is 0 Å². The minimum atomic E-state index is 0.183. The molecule has 2 aromatic rings. The number of amides is 1. The molecule has 1 aliphatic heterocycles. The largest absolute Gasteiger partial charge is 0.495 e. The van der Waals surface area contributed by atoms with Crippen LogP contribution < -0.4 is 10.1 Å². The van der Waals surface area contributed by atoms with Crippen molar-refractivity contribution in [2.24, 2.45) is 0 Å². The number of piperazine rings is 1. The predicted octanol–water partition coefficient (Wildman–Crippen LogP) is 3.50. The average Bonchev–Trinajstić information content (AvgIpc) is 2.69. The predicted molar refractivity (Wildman–Crippen MR) is 109 cm³/mol. The number of rotatable bonds is 7. The topological polar surface area (TPSA) is 44.8 Å². The Bertz CT molecular complexity index is 746. The summed E-state index contributed by atoms with van der Waals surface area (Å²) in [5.74, 6) is 0.907. The van der Waals surface area contributed by atoms with Gasteiger partial charge in [-0.2, -0.15) is 0 Å². The number of halogens is 1. The second-order valence-corrected chi connectivity index (χ2v) is 7.10. The fraction of sp³-hybridized carbons (Fsp3) is 0.381. The van der Waals surface area contributed by atoms with Crippen LogP contribution in [0.4, 0.5) is 5.69 Å². The molecule has 1 amide bonds. The van der Waals surface area contributed by atoms with E-state index in [1.807, 2.05) is 23.1 Å². The van der Waals surface area contributed by atoms with Crippen LogP contribution in [0.25, 0.3) is 0 Å². The third-order valence-corrected chi connectivity index (χ3v) is 5.02. The van der Waals surface area contributed by atoms with Crippen molar-refractivity contribution in [3.63, 3.8) is 0 Å². The minimum absolute atomic E-state index is 0.183. The lowest BCUT2D eigenvalue weighted by Crippen LogP contribution is -2.48. The number of nitrogens with zero attached hydrogens (tertiary/aromatic N) is 2. The smallest absolute Gasteiger partial charge is 0.224 e. The molecular formula is C21H26ClN3O2. The third kappa shape index (κ3) is 5.62. The summed E-state index contributed by atoms with van der Waals surface area (Å²) in [5.41, 5.74) is 2.13. The van der Waals surface area contributed by atoms with Crippen LogP contribution in [0.5, 0.6) is 5.75 Å². The van der Waals surface area contributed by atoms with Crippen LogP contribution in [0.15, 0.2) is 48.5 Å². The molecule has 27 heavy (non-hydrogen) atoms. The number of methoxy groups -OCH3 is 1. The minimum Gasteiger partial charge on any atom is -0.495 e. The number of hydrogen-bond donors (Lipinski definition) is 1. The molecule has 0 aromatic heterocycles.